The third-order valence-corrected chi connectivity index (χ3v) is 3.38. The number of hydrogen-bond donors (Lipinski definition) is 1. The second-order valence-electron chi connectivity index (χ2n) is 5.39. The normalized spacial score (nSPS) is 12.0. The van der Waals surface area contributed by atoms with Gasteiger partial charge in [-0.1, -0.05) is 24.6 Å². The molecular formula is C17H27NO3. The van der Waals surface area contributed by atoms with Gasteiger partial charge in [-0.2, -0.15) is 0 Å². The maximum atomic E-state index is 11.7. The largest absolute Gasteiger partial charge is 0.493 e. The maximum absolute atomic E-state index is 11.7. The fourth-order valence-electron chi connectivity index (χ4n) is 2.44. The molecule has 4 heteroatoms. The number of esters is 1. The molecular weight excluding hydrogens is 266 g/mol. The summed E-state index contributed by atoms with van der Waals surface area (Å²) in [7, 11) is 1.41. The number of ether oxygens (including phenoxy) is 2. The lowest BCUT2D eigenvalue weighted by atomic mass is 10.1. The summed E-state index contributed by atoms with van der Waals surface area (Å²) in [4.78, 5) is 11.7. The number of carbonyl (C=O) groups excluding carboxylic acids is 1. The molecule has 0 radical (unpaired) electrons. The van der Waals surface area contributed by atoms with E-state index < -0.39 is 0 Å². The number of rotatable bonds is 8. The Morgan fingerprint density at radius 1 is 1.24 bits per heavy atom. The highest BCUT2D eigenvalue weighted by atomic mass is 16.5. The average molecular weight is 293 g/mol. The van der Waals surface area contributed by atoms with E-state index in [0.717, 1.165) is 29.8 Å². The van der Waals surface area contributed by atoms with Crippen LogP contribution >= 0.6 is 0 Å². The van der Waals surface area contributed by atoms with Gasteiger partial charge in [-0.25, -0.2) is 0 Å². The molecule has 0 bridgehead atoms. The smallest absolute Gasteiger partial charge is 0.322 e. The van der Waals surface area contributed by atoms with Crippen LogP contribution in [0.15, 0.2) is 12.1 Å². The average Bonchev–Trinajstić information content (AvgIpc) is 2.44. The van der Waals surface area contributed by atoms with Crippen LogP contribution in [0.25, 0.3) is 0 Å². The fourth-order valence-corrected chi connectivity index (χ4v) is 2.44. The summed E-state index contributed by atoms with van der Waals surface area (Å²) >= 11 is 0. The van der Waals surface area contributed by atoms with E-state index in [1.807, 2.05) is 13.8 Å². The molecule has 0 amide bonds. The van der Waals surface area contributed by atoms with Gasteiger partial charge in [-0.3, -0.25) is 4.79 Å². The number of nitrogens with one attached hydrogen (secondary N) is 1. The zero-order chi connectivity index (χ0) is 15.8. The standard InChI is InChI=1S/C17H27NO3/c1-6-8-18-15(17(19)20-5)7-9-21-16-13(3)10-12(2)11-14(16)4/h10-11,15,18H,6-9H2,1-5H3. The first-order valence-corrected chi connectivity index (χ1v) is 7.51. The minimum Gasteiger partial charge on any atom is -0.493 e. The molecule has 0 aliphatic heterocycles. The summed E-state index contributed by atoms with van der Waals surface area (Å²) in [5.41, 5.74) is 3.49. The fraction of sp³-hybridized carbons (Fsp3) is 0.588. The van der Waals surface area contributed by atoms with Crippen LogP contribution in [0.4, 0.5) is 0 Å². The number of methoxy groups -OCH3 is 1. The van der Waals surface area contributed by atoms with Crippen molar-refractivity contribution in [1.82, 2.24) is 5.32 Å². The minimum atomic E-state index is -0.305. The highest BCUT2D eigenvalue weighted by molar-refractivity contribution is 5.75. The Morgan fingerprint density at radius 2 is 1.86 bits per heavy atom. The lowest BCUT2D eigenvalue weighted by molar-refractivity contribution is -0.143. The minimum absolute atomic E-state index is 0.232. The molecule has 1 atom stereocenters. The van der Waals surface area contributed by atoms with Gasteiger partial charge < -0.3 is 14.8 Å². The summed E-state index contributed by atoms with van der Waals surface area (Å²) in [5.74, 6) is 0.684. The Balaban J connectivity index is 2.59. The van der Waals surface area contributed by atoms with Crippen molar-refractivity contribution < 1.29 is 14.3 Å². The van der Waals surface area contributed by atoms with Crippen molar-refractivity contribution >= 4 is 5.97 Å². The molecule has 0 saturated carbocycles. The van der Waals surface area contributed by atoms with Gasteiger partial charge in [-0.15, -0.1) is 0 Å². The predicted molar refractivity (Wildman–Crippen MR) is 84.9 cm³/mol. The van der Waals surface area contributed by atoms with Crippen molar-refractivity contribution in [3.8, 4) is 5.75 Å². The van der Waals surface area contributed by atoms with E-state index in [1.165, 1.54) is 12.7 Å². The van der Waals surface area contributed by atoms with Crippen LogP contribution < -0.4 is 10.1 Å². The van der Waals surface area contributed by atoms with Crippen LogP contribution in [0.2, 0.25) is 0 Å². The monoisotopic (exact) mass is 293 g/mol. The Bertz CT molecular complexity index is 448. The Hall–Kier alpha value is -1.55. The van der Waals surface area contributed by atoms with Crippen molar-refractivity contribution in [3.05, 3.63) is 28.8 Å². The van der Waals surface area contributed by atoms with Crippen molar-refractivity contribution in [2.45, 2.75) is 46.6 Å². The molecule has 4 nitrogen and oxygen atoms in total. The molecule has 1 aromatic rings. The first-order valence-electron chi connectivity index (χ1n) is 7.51. The molecule has 0 aliphatic rings. The van der Waals surface area contributed by atoms with E-state index >= 15 is 0 Å². The molecule has 1 unspecified atom stereocenters. The molecule has 0 saturated heterocycles. The summed E-state index contributed by atoms with van der Waals surface area (Å²) < 4.78 is 10.7. The molecule has 1 aromatic carbocycles. The van der Waals surface area contributed by atoms with Gasteiger partial charge in [-0.05, 0) is 44.9 Å². The van der Waals surface area contributed by atoms with Gasteiger partial charge >= 0.3 is 5.97 Å². The van der Waals surface area contributed by atoms with Crippen LogP contribution in [-0.4, -0.2) is 32.3 Å². The van der Waals surface area contributed by atoms with E-state index in [9.17, 15) is 4.79 Å². The number of aryl methyl sites for hydroxylation is 3. The van der Waals surface area contributed by atoms with Crippen LogP contribution in [-0.2, 0) is 9.53 Å². The third-order valence-electron chi connectivity index (χ3n) is 3.38. The molecule has 0 heterocycles. The van der Waals surface area contributed by atoms with Gasteiger partial charge in [0.2, 0.25) is 0 Å². The SMILES string of the molecule is CCCNC(CCOc1c(C)cc(C)cc1C)C(=O)OC. The zero-order valence-electron chi connectivity index (χ0n) is 13.8. The second-order valence-corrected chi connectivity index (χ2v) is 5.39. The lowest BCUT2D eigenvalue weighted by Gasteiger charge is -2.18. The predicted octanol–water partition coefficient (Wildman–Crippen LogP) is 2.92. The van der Waals surface area contributed by atoms with E-state index in [0.29, 0.717) is 13.0 Å². The van der Waals surface area contributed by atoms with Gasteiger partial charge in [0.15, 0.2) is 0 Å². The van der Waals surface area contributed by atoms with Crippen LogP contribution in [0.1, 0.15) is 36.5 Å². The molecule has 118 valence electrons. The summed E-state index contributed by atoms with van der Waals surface area (Å²) in [6.07, 6.45) is 1.57. The quantitative estimate of drug-likeness (QED) is 0.749. The zero-order valence-corrected chi connectivity index (χ0v) is 13.8. The van der Waals surface area contributed by atoms with Crippen LogP contribution in [0.5, 0.6) is 5.75 Å². The van der Waals surface area contributed by atoms with E-state index in [2.05, 4.69) is 31.3 Å². The second kappa shape index (κ2) is 8.67. The molecule has 0 aliphatic carbocycles. The van der Waals surface area contributed by atoms with E-state index in [4.69, 9.17) is 9.47 Å². The van der Waals surface area contributed by atoms with E-state index in [1.54, 1.807) is 0 Å². The highest BCUT2D eigenvalue weighted by Crippen LogP contribution is 2.24. The van der Waals surface area contributed by atoms with Crippen molar-refractivity contribution in [2.24, 2.45) is 0 Å². The van der Waals surface area contributed by atoms with Crippen molar-refractivity contribution in [1.29, 1.82) is 0 Å². The van der Waals surface area contributed by atoms with Gasteiger partial charge in [0, 0.05) is 6.42 Å². The number of benzene rings is 1. The molecule has 1 rings (SSSR count). The Labute approximate surface area is 127 Å². The maximum Gasteiger partial charge on any atom is 0.322 e. The van der Waals surface area contributed by atoms with Gasteiger partial charge in [0.05, 0.1) is 13.7 Å². The van der Waals surface area contributed by atoms with Gasteiger partial charge in [0.1, 0.15) is 11.8 Å². The van der Waals surface area contributed by atoms with Crippen LogP contribution in [0.3, 0.4) is 0 Å². The Kier molecular flexibility index (Phi) is 7.23. The molecule has 1 N–H and O–H groups in total. The first-order chi connectivity index (χ1) is 9.99. The van der Waals surface area contributed by atoms with Crippen molar-refractivity contribution in [2.75, 3.05) is 20.3 Å². The third kappa shape index (κ3) is 5.38. The first kappa shape index (κ1) is 17.5. The lowest BCUT2D eigenvalue weighted by Crippen LogP contribution is -2.39. The topological polar surface area (TPSA) is 47.6 Å². The van der Waals surface area contributed by atoms with Gasteiger partial charge in [0.25, 0.3) is 0 Å². The number of carbonyl (C=O) groups is 1. The number of hydrogen-bond acceptors (Lipinski definition) is 4. The summed E-state index contributed by atoms with van der Waals surface area (Å²) in [6.45, 7) is 9.51. The molecule has 21 heavy (non-hydrogen) atoms. The molecule has 0 aromatic heterocycles. The highest BCUT2D eigenvalue weighted by Gasteiger charge is 2.18. The summed E-state index contributed by atoms with van der Waals surface area (Å²) in [6, 6.07) is 3.91. The van der Waals surface area contributed by atoms with Crippen LogP contribution in [0, 0.1) is 20.8 Å². The molecule has 0 fully saturated rings. The summed E-state index contributed by atoms with van der Waals surface area (Å²) in [5, 5.41) is 3.19. The molecule has 0 spiro atoms. The van der Waals surface area contributed by atoms with Crippen molar-refractivity contribution in [3.63, 3.8) is 0 Å². The van der Waals surface area contributed by atoms with E-state index in [-0.39, 0.29) is 12.0 Å². The Morgan fingerprint density at radius 3 is 2.38 bits per heavy atom.